The van der Waals surface area contributed by atoms with Gasteiger partial charge in [0.25, 0.3) is 0 Å². The summed E-state index contributed by atoms with van der Waals surface area (Å²) in [7, 11) is 0. The summed E-state index contributed by atoms with van der Waals surface area (Å²) < 4.78 is 5.87. The van der Waals surface area contributed by atoms with Crippen molar-refractivity contribution in [1.29, 1.82) is 5.26 Å². The van der Waals surface area contributed by atoms with Crippen LogP contribution < -0.4 is 5.73 Å². The highest BCUT2D eigenvalue weighted by Gasteiger charge is 2.38. The van der Waals surface area contributed by atoms with Crippen molar-refractivity contribution in [2.24, 2.45) is 5.73 Å². The molecule has 0 aromatic heterocycles. The van der Waals surface area contributed by atoms with E-state index in [1.165, 1.54) is 0 Å². The molecule has 3 aromatic rings. The summed E-state index contributed by atoms with van der Waals surface area (Å²) in [6.07, 6.45) is 0. The first-order chi connectivity index (χ1) is 14.6. The number of nitrogens with two attached hydrogens (primary N) is 1. The highest BCUT2D eigenvalue weighted by atomic mass is 35.5. The molecule has 4 nitrogen and oxygen atoms in total. The fourth-order valence-corrected chi connectivity index (χ4v) is 3.81. The number of hydrogen-bond donors (Lipinski definition) is 1. The summed E-state index contributed by atoms with van der Waals surface area (Å²) in [5.74, 6) is -0.711. The number of carbonyl (C=O) groups is 1. The Morgan fingerprint density at radius 3 is 2.17 bits per heavy atom. The third kappa shape index (κ3) is 3.47. The molecular formula is C25H17ClN2O2. The van der Waals surface area contributed by atoms with Crippen molar-refractivity contribution in [3.63, 3.8) is 0 Å². The molecule has 1 aliphatic rings. The predicted octanol–water partition coefficient (Wildman–Crippen LogP) is 5.44. The van der Waals surface area contributed by atoms with Gasteiger partial charge >= 0.3 is 0 Å². The molecule has 0 amide bonds. The lowest BCUT2D eigenvalue weighted by Crippen LogP contribution is -2.25. The van der Waals surface area contributed by atoms with Gasteiger partial charge in [-0.25, -0.2) is 0 Å². The summed E-state index contributed by atoms with van der Waals surface area (Å²) in [5, 5.41) is 10.3. The van der Waals surface area contributed by atoms with Crippen molar-refractivity contribution in [2.75, 3.05) is 0 Å². The third-order valence-corrected chi connectivity index (χ3v) is 5.30. The predicted molar refractivity (Wildman–Crippen MR) is 116 cm³/mol. The smallest absolute Gasteiger partial charge is 0.205 e. The number of ketones is 1. The molecule has 1 atom stereocenters. The quantitative estimate of drug-likeness (QED) is 0.578. The molecule has 0 radical (unpaired) electrons. The number of allylic oxidation sites excluding steroid dienone is 2. The number of Topliss-reactive ketones (excluding diaryl/α,β-unsaturated/α-hetero) is 1. The van der Waals surface area contributed by atoms with Gasteiger partial charge in [0.15, 0.2) is 5.78 Å². The van der Waals surface area contributed by atoms with Gasteiger partial charge in [-0.1, -0.05) is 90.5 Å². The highest BCUT2D eigenvalue weighted by Crippen LogP contribution is 2.45. The van der Waals surface area contributed by atoms with Crippen LogP contribution in [0.3, 0.4) is 0 Å². The van der Waals surface area contributed by atoms with Gasteiger partial charge in [0.05, 0.1) is 11.5 Å². The number of nitrogens with zero attached hydrogens (tertiary/aromatic N) is 1. The minimum absolute atomic E-state index is 0.0362. The van der Waals surface area contributed by atoms with Crippen LogP contribution in [0.1, 0.15) is 27.4 Å². The number of carbonyl (C=O) groups excluding carboxylic acids is 1. The number of ether oxygens (including phenoxy) is 1. The molecule has 4 rings (SSSR count). The van der Waals surface area contributed by atoms with Crippen LogP contribution in [0.15, 0.2) is 102 Å². The van der Waals surface area contributed by atoms with Crippen LogP contribution in [0.2, 0.25) is 5.02 Å². The van der Waals surface area contributed by atoms with Crippen LogP contribution in [-0.2, 0) is 4.74 Å². The molecule has 0 aliphatic carbocycles. The Balaban J connectivity index is 2.03. The van der Waals surface area contributed by atoms with Crippen molar-refractivity contribution in [3.8, 4) is 6.07 Å². The Kier molecular flexibility index (Phi) is 5.38. The molecule has 30 heavy (non-hydrogen) atoms. The molecule has 0 fully saturated rings. The molecule has 5 heteroatoms. The van der Waals surface area contributed by atoms with E-state index >= 15 is 0 Å². The van der Waals surface area contributed by atoms with Gasteiger partial charge in [0, 0.05) is 16.1 Å². The van der Waals surface area contributed by atoms with Crippen molar-refractivity contribution in [3.05, 3.63) is 124 Å². The molecular weight excluding hydrogens is 396 g/mol. The SMILES string of the molecule is N#CC1=C(N)OC(c2ccccc2)=C(C(=O)c2ccccc2)C1c1ccccc1Cl. The van der Waals surface area contributed by atoms with Crippen LogP contribution in [0.25, 0.3) is 5.76 Å². The van der Waals surface area contributed by atoms with Gasteiger partial charge in [-0.05, 0) is 11.6 Å². The third-order valence-electron chi connectivity index (χ3n) is 4.95. The van der Waals surface area contributed by atoms with Crippen molar-refractivity contribution in [1.82, 2.24) is 0 Å². The van der Waals surface area contributed by atoms with Gasteiger partial charge < -0.3 is 10.5 Å². The van der Waals surface area contributed by atoms with Crippen LogP contribution in [0, 0.1) is 11.3 Å². The fraction of sp³-hybridized carbons (Fsp3) is 0.0400. The van der Waals surface area contributed by atoms with Crippen molar-refractivity contribution in [2.45, 2.75) is 5.92 Å². The fourth-order valence-electron chi connectivity index (χ4n) is 3.56. The average molecular weight is 413 g/mol. The van der Waals surface area contributed by atoms with Gasteiger partial charge in [0.2, 0.25) is 5.88 Å². The second-order valence-corrected chi connectivity index (χ2v) is 7.16. The monoisotopic (exact) mass is 412 g/mol. The van der Waals surface area contributed by atoms with Crippen LogP contribution in [-0.4, -0.2) is 5.78 Å². The molecule has 0 spiro atoms. The zero-order valence-corrected chi connectivity index (χ0v) is 16.6. The van der Waals surface area contributed by atoms with E-state index in [0.29, 0.717) is 33.0 Å². The first-order valence-corrected chi connectivity index (χ1v) is 9.71. The first-order valence-electron chi connectivity index (χ1n) is 9.33. The largest absolute Gasteiger partial charge is 0.439 e. The summed E-state index contributed by atoms with van der Waals surface area (Å²) in [5.41, 5.74) is 8.42. The van der Waals surface area contributed by atoms with Crippen molar-refractivity contribution < 1.29 is 9.53 Å². The Labute approximate surface area is 179 Å². The number of benzene rings is 3. The topological polar surface area (TPSA) is 76.1 Å². The summed E-state index contributed by atoms with van der Waals surface area (Å²) in [6, 6.07) is 27.4. The molecule has 0 bridgehead atoms. The maximum absolute atomic E-state index is 13.7. The Hall–Kier alpha value is -3.81. The van der Waals surface area contributed by atoms with Crippen molar-refractivity contribution >= 4 is 23.1 Å². The number of hydrogen-bond acceptors (Lipinski definition) is 4. The van der Waals surface area contributed by atoms with Gasteiger partial charge in [0.1, 0.15) is 17.4 Å². The summed E-state index contributed by atoms with van der Waals surface area (Å²) in [6.45, 7) is 0. The lowest BCUT2D eigenvalue weighted by molar-refractivity contribution is 0.102. The van der Waals surface area contributed by atoms with Gasteiger partial charge in [-0.3, -0.25) is 4.79 Å². The average Bonchev–Trinajstić information content (AvgIpc) is 2.79. The van der Waals surface area contributed by atoms with E-state index in [2.05, 4.69) is 6.07 Å². The Morgan fingerprint density at radius 2 is 1.53 bits per heavy atom. The number of halogens is 1. The van der Waals surface area contributed by atoms with E-state index in [0.717, 1.165) is 0 Å². The second kappa shape index (κ2) is 8.28. The minimum Gasteiger partial charge on any atom is -0.439 e. The zero-order valence-electron chi connectivity index (χ0n) is 15.9. The first kappa shape index (κ1) is 19.5. The lowest BCUT2D eigenvalue weighted by atomic mass is 9.79. The van der Waals surface area contributed by atoms with E-state index in [1.807, 2.05) is 42.5 Å². The van der Waals surface area contributed by atoms with E-state index in [1.54, 1.807) is 42.5 Å². The van der Waals surface area contributed by atoms with Crippen LogP contribution >= 0.6 is 11.6 Å². The molecule has 2 N–H and O–H groups in total. The van der Waals surface area contributed by atoms with Gasteiger partial charge in [-0.15, -0.1) is 0 Å². The number of nitriles is 1. The standard InChI is InChI=1S/C25H17ClN2O2/c26-20-14-8-7-13-18(20)21-19(15-27)25(28)30-24(17-11-5-2-6-12-17)22(21)23(29)16-9-3-1-4-10-16/h1-14,21H,28H2. The van der Waals surface area contributed by atoms with E-state index in [4.69, 9.17) is 22.1 Å². The molecule has 3 aromatic carbocycles. The molecule has 1 heterocycles. The van der Waals surface area contributed by atoms with E-state index in [-0.39, 0.29) is 17.2 Å². The molecule has 1 unspecified atom stereocenters. The molecule has 0 saturated heterocycles. The lowest BCUT2D eigenvalue weighted by Gasteiger charge is -2.29. The minimum atomic E-state index is -0.750. The van der Waals surface area contributed by atoms with E-state index < -0.39 is 5.92 Å². The zero-order chi connectivity index (χ0) is 21.1. The number of rotatable bonds is 4. The molecule has 1 aliphatic heterocycles. The van der Waals surface area contributed by atoms with Crippen LogP contribution in [0.5, 0.6) is 0 Å². The highest BCUT2D eigenvalue weighted by molar-refractivity contribution is 6.31. The molecule has 146 valence electrons. The van der Waals surface area contributed by atoms with E-state index in [9.17, 15) is 10.1 Å². The summed E-state index contributed by atoms with van der Waals surface area (Å²) >= 11 is 6.49. The Bertz CT molecular complexity index is 1210. The van der Waals surface area contributed by atoms with Crippen LogP contribution in [0.4, 0.5) is 0 Å². The maximum atomic E-state index is 13.7. The summed E-state index contributed by atoms with van der Waals surface area (Å²) in [4.78, 5) is 13.7. The Morgan fingerprint density at radius 1 is 0.933 bits per heavy atom. The molecule has 0 saturated carbocycles. The normalized spacial score (nSPS) is 16.1. The van der Waals surface area contributed by atoms with Gasteiger partial charge in [-0.2, -0.15) is 5.26 Å². The maximum Gasteiger partial charge on any atom is 0.205 e. The second-order valence-electron chi connectivity index (χ2n) is 6.75.